The quantitative estimate of drug-likeness (QED) is 0.808. The van der Waals surface area contributed by atoms with Crippen LogP contribution in [0.2, 0.25) is 0 Å². The van der Waals surface area contributed by atoms with E-state index in [1.54, 1.807) is 11.9 Å². The van der Waals surface area contributed by atoms with Crippen LogP contribution in [0.3, 0.4) is 0 Å². The molecule has 1 saturated carbocycles. The minimum absolute atomic E-state index is 0.169. The number of nitrogens with zero attached hydrogens (tertiary/aromatic N) is 1. The Morgan fingerprint density at radius 1 is 1.15 bits per heavy atom. The molecule has 3 amide bonds. The third-order valence-corrected chi connectivity index (χ3v) is 4.07. The second-order valence-electron chi connectivity index (χ2n) is 5.44. The lowest BCUT2D eigenvalue weighted by Crippen LogP contribution is -2.46. The first kappa shape index (κ1) is 16.5. The van der Waals surface area contributed by atoms with Crippen molar-refractivity contribution < 1.29 is 19.5 Å². The van der Waals surface area contributed by atoms with Crippen LogP contribution < -0.4 is 5.32 Å². The maximum absolute atomic E-state index is 11.9. The summed E-state index contributed by atoms with van der Waals surface area (Å²) in [6.07, 6.45) is 4.91. The Morgan fingerprint density at radius 3 is 2.25 bits per heavy atom. The maximum atomic E-state index is 11.9. The van der Waals surface area contributed by atoms with Crippen LogP contribution >= 0.6 is 0 Å². The number of rotatable bonds is 5. The zero-order chi connectivity index (χ0) is 15.1. The Bertz CT molecular complexity index is 362. The van der Waals surface area contributed by atoms with Crippen molar-refractivity contribution in [3.05, 3.63) is 0 Å². The summed E-state index contributed by atoms with van der Waals surface area (Å²) in [6, 6.07) is -0.259. The van der Waals surface area contributed by atoms with Gasteiger partial charge in [0.1, 0.15) is 0 Å². The fourth-order valence-electron chi connectivity index (χ4n) is 2.60. The molecule has 0 heterocycles. The summed E-state index contributed by atoms with van der Waals surface area (Å²) < 4.78 is 0. The number of carboxylic acid groups (broad SMARTS) is 1. The van der Waals surface area contributed by atoms with Crippen molar-refractivity contribution in [1.82, 2.24) is 10.2 Å². The van der Waals surface area contributed by atoms with E-state index in [9.17, 15) is 14.4 Å². The van der Waals surface area contributed by atoms with Gasteiger partial charge >= 0.3 is 12.0 Å². The highest BCUT2D eigenvalue weighted by atomic mass is 16.4. The Balaban J connectivity index is 2.35. The van der Waals surface area contributed by atoms with Crippen molar-refractivity contribution in [3.8, 4) is 0 Å². The number of carbonyl (C=O) groups excluding carboxylic acids is 2. The number of hydrogen-bond donors (Lipinski definition) is 2. The normalized spacial score (nSPS) is 22.1. The van der Waals surface area contributed by atoms with Crippen LogP contribution in [0.25, 0.3) is 0 Å². The van der Waals surface area contributed by atoms with Crippen LogP contribution in [0.5, 0.6) is 0 Å². The van der Waals surface area contributed by atoms with Gasteiger partial charge in [-0.3, -0.25) is 14.9 Å². The molecule has 0 aromatic heterocycles. The molecule has 2 N–H and O–H groups in total. The largest absolute Gasteiger partial charge is 0.481 e. The smallest absolute Gasteiger partial charge is 0.324 e. The highest BCUT2D eigenvalue weighted by Gasteiger charge is 2.26. The van der Waals surface area contributed by atoms with Gasteiger partial charge in [-0.15, -0.1) is 0 Å². The first-order valence-corrected chi connectivity index (χ1v) is 7.22. The van der Waals surface area contributed by atoms with Gasteiger partial charge in [-0.1, -0.05) is 13.3 Å². The minimum atomic E-state index is -1.04. The molecule has 0 aromatic rings. The third-order valence-electron chi connectivity index (χ3n) is 4.07. The van der Waals surface area contributed by atoms with Crippen LogP contribution in [0, 0.1) is 5.92 Å². The summed E-state index contributed by atoms with van der Waals surface area (Å²) in [7, 11) is 1.69. The minimum Gasteiger partial charge on any atom is -0.481 e. The van der Waals surface area contributed by atoms with Crippen LogP contribution in [-0.4, -0.2) is 41.0 Å². The topological polar surface area (TPSA) is 86.7 Å². The molecule has 0 aromatic carbocycles. The number of nitrogens with one attached hydrogen (secondary N) is 1. The van der Waals surface area contributed by atoms with Gasteiger partial charge in [0, 0.05) is 19.5 Å². The van der Waals surface area contributed by atoms with Gasteiger partial charge in [0.15, 0.2) is 0 Å². The number of urea groups is 1. The van der Waals surface area contributed by atoms with Gasteiger partial charge in [-0.05, 0) is 31.6 Å². The SMILES string of the molecule is CCC1CCC(N(C)C(=O)NC(=O)CCC(=O)O)CC1. The number of imide groups is 1. The fraction of sp³-hybridized carbons (Fsp3) is 0.786. The second kappa shape index (κ2) is 7.87. The van der Waals surface area contributed by atoms with E-state index in [-0.39, 0.29) is 18.9 Å². The van der Waals surface area contributed by atoms with Crippen LogP contribution in [0.15, 0.2) is 0 Å². The zero-order valence-corrected chi connectivity index (χ0v) is 12.2. The van der Waals surface area contributed by atoms with Crippen molar-refractivity contribution >= 4 is 17.9 Å². The summed E-state index contributed by atoms with van der Waals surface area (Å²) in [5.74, 6) is -0.828. The molecule has 0 bridgehead atoms. The Morgan fingerprint density at radius 2 is 1.75 bits per heavy atom. The van der Waals surface area contributed by atoms with Gasteiger partial charge in [0.25, 0.3) is 0 Å². The van der Waals surface area contributed by atoms with Gasteiger partial charge < -0.3 is 10.0 Å². The number of amides is 3. The van der Waals surface area contributed by atoms with Crippen molar-refractivity contribution in [2.24, 2.45) is 5.92 Å². The van der Waals surface area contributed by atoms with Gasteiger partial charge in [0.2, 0.25) is 5.91 Å². The van der Waals surface area contributed by atoms with E-state index in [2.05, 4.69) is 12.2 Å². The van der Waals surface area contributed by atoms with Gasteiger partial charge in [-0.2, -0.15) is 0 Å². The number of aliphatic carboxylic acids is 1. The summed E-state index contributed by atoms with van der Waals surface area (Å²) >= 11 is 0. The molecule has 114 valence electrons. The lowest BCUT2D eigenvalue weighted by atomic mass is 9.84. The molecule has 0 radical (unpaired) electrons. The molecule has 1 fully saturated rings. The molecular weight excluding hydrogens is 260 g/mol. The van der Waals surface area contributed by atoms with Crippen LogP contribution in [0.4, 0.5) is 4.79 Å². The molecule has 0 unspecified atom stereocenters. The zero-order valence-electron chi connectivity index (χ0n) is 12.2. The van der Waals surface area contributed by atoms with Crippen LogP contribution in [-0.2, 0) is 9.59 Å². The first-order valence-electron chi connectivity index (χ1n) is 7.22. The predicted octanol–water partition coefficient (Wildman–Crippen LogP) is 1.99. The average Bonchev–Trinajstić information content (AvgIpc) is 2.44. The van der Waals surface area contributed by atoms with E-state index >= 15 is 0 Å². The first-order chi connectivity index (χ1) is 9.43. The average molecular weight is 284 g/mol. The molecule has 0 saturated heterocycles. The number of carbonyl (C=O) groups is 3. The van der Waals surface area contributed by atoms with Crippen LogP contribution in [0.1, 0.15) is 51.9 Å². The molecular formula is C14H24N2O4. The Kier molecular flexibility index (Phi) is 6.48. The highest BCUT2D eigenvalue weighted by Crippen LogP contribution is 2.28. The predicted molar refractivity (Wildman–Crippen MR) is 74.2 cm³/mol. The lowest BCUT2D eigenvalue weighted by molar-refractivity contribution is -0.138. The summed E-state index contributed by atoms with van der Waals surface area (Å²) in [4.78, 5) is 35.2. The molecule has 0 aliphatic heterocycles. The monoisotopic (exact) mass is 284 g/mol. The summed E-state index contributed by atoms with van der Waals surface area (Å²) in [6.45, 7) is 2.18. The molecule has 1 rings (SSSR count). The molecule has 1 aliphatic rings. The van der Waals surface area contributed by atoms with Crippen molar-refractivity contribution in [3.63, 3.8) is 0 Å². The second-order valence-corrected chi connectivity index (χ2v) is 5.44. The van der Waals surface area contributed by atoms with E-state index in [4.69, 9.17) is 5.11 Å². The van der Waals surface area contributed by atoms with E-state index < -0.39 is 17.9 Å². The van der Waals surface area contributed by atoms with E-state index in [1.807, 2.05) is 0 Å². The van der Waals surface area contributed by atoms with Gasteiger partial charge in [0.05, 0.1) is 6.42 Å². The molecule has 6 nitrogen and oxygen atoms in total. The number of hydrogen-bond acceptors (Lipinski definition) is 3. The maximum Gasteiger partial charge on any atom is 0.324 e. The van der Waals surface area contributed by atoms with E-state index in [0.717, 1.165) is 31.6 Å². The molecule has 0 spiro atoms. The molecule has 0 atom stereocenters. The fourth-order valence-corrected chi connectivity index (χ4v) is 2.60. The Labute approximate surface area is 119 Å². The summed E-state index contributed by atoms with van der Waals surface area (Å²) in [5, 5.41) is 10.7. The van der Waals surface area contributed by atoms with E-state index in [0.29, 0.717) is 0 Å². The molecule has 20 heavy (non-hydrogen) atoms. The van der Waals surface area contributed by atoms with E-state index in [1.165, 1.54) is 6.42 Å². The molecule has 1 aliphatic carbocycles. The Hall–Kier alpha value is -1.59. The molecule has 6 heteroatoms. The lowest BCUT2D eigenvalue weighted by Gasteiger charge is -2.34. The van der Waals surface area contributed by atoms with Crippen molar-refractivity contribution in [2.75, 3.05) is 7.05 Å². The summed E-state index contributed by atoms with van der Waals surface area (Å²) in [5.41, 5.74) is 0. The third kappa shape index (κ3) is 5.19. The standard InChI is InChI=1S/C14H24N2O4/c1-3-10-4-6-11(7-5-10)16(2)14(20)15-12(17)8-9-13(18)19/h10-11H,3-9H2,1-2H3,(H,18,19)(H,15,17,20). The van der Waals surface area contributed by atoms with Gasteiger partial charge in [-0.25, -0.2) is 4.79 Å². The highest BCUT2D eigenvalue weighted by molar-refractivity contribution is 5.95. The van der Waals surface area contributed by atoms with Crippen molar-refractivity contribution in [2.45, 2.75) is 57.9 Å². The number of carboxylic acids is 1. The van der Waals surface area contributed by atoms with Crippen molar-refractivity contribution in [1.29, 1.82) is 0 Å².